The molecule has 0 radical (unpaired) electrons. The van der Waals surface area contributed by atoms with Crippen LogP contribution in [0.1, 0.15) is 15.8 Å². The summed E-state index contributed by atoms with van der Waals surface area (Å²) in [6.45, 7) is -1.25. The van der Waals surface area contributed by atoms with Gasteiger partial charge in [0.25, 0.3) is 0 Å². The molecule has 0 fully saturated rings. The predicted octanol–water partition coefficient (Wildman–Crippen LogP) is -0.439. The van der Waals surface area contributed by atoms with Gasteiger partial charge in [-0.1, -0.05) is 23.7 Å². The first kappa shape index (κ1) is 19.1. The van der Waals surface area contributed by atoms with E-state index < -0.39 is 43.1 Å². The summed E-state index contributed by atoms with van der Waals surface area (Å²) in [6, 6.07) is 3.51. The number of furan rings is 1. The number of carbonyl (C=O) groups is 3. The van der Waals surface area contributed by atoms with Gasteiger partial charge < -0.3 is 29.7 Å². The van der Waals surface area contributed by atoms with Gasteiger partial charge in [-0.15, -0.1) is 0 Å². The van der Waals surface area contributed by atoms with E-state index in [1.807, 2.05) is 0 Å². The number of carboxylic acid groups (broad SMARTS) is 1. The molecule has 154 valence electrons. The van der Waals surface area contributed by atoms with Crippen LogP contribution in [0.3, 0.4) is 0 Å². The van der Waals surface area contributed by atoms with Gasteiger partial charge in [0, 0.05) is 27.5 Å². The molecule has 1 heterocycles. The van der Waals surface area contributed by atoms with E-state index in [-0.39, 0.29) is 69.2 Å². The smallest absolute Gasteiger partial charge is 0.545 e. The minimum Gasteiger partial charge on any atom is -0.545 e. The second kappa shape index (κ2) is 11.7. The van der Waals surface area contributed by atoms with Gasteiger partial charge in [0.2, 0.25) is 11.8 Å². The number of ether oxygens (including phenoxy) is 1. The molecule has 0 unspecified atom stereocenters. The average molecular weight is 455 g/mol. The van der Waals surface area contributed by atoms with E-state index in [1.54, 1.807) is 0 Å². The maximum absolute atomic E-state index is 12.3. The van der Waals surface area contributed by atoms with Crippen molar-refractivity contribution in [3.8, 4) is 11.1 Å². The van der Waals surface area contributed by atoms with E-state index in [0.29, 0.717) is 5.56 Å². The normalized spacial score (nSPS) is 11.9. The number of benzene rings is 2. The SMILES string of the molecule is [2H]c1c([2H])c(NC(=O)COCC(=O)Nc2ccc(Cl)cc2C(=O)[O-])c([2H])c(-c2ccoc2)c1[2H].[Na+]. The van der Waals surface area contributed by atoms with E-state index >= 15 is 0 Å². The average Bonchev–Trinajstić information content (AvgIpc) is 3.31. The summed E-state index contributed by atoms with van der Waals surface area (Å²) in [5, 5.41) is 15.9. The van der Waals surface area contributed by atoms with Crippen LogP contribution >= 0.6 is 11.6 Å². The molecule has 0 aliphatic carbocycles. The first-order valence-electron chi connectivity index (χ1n) is 10.4. The number of hydrogen-bond acceptors (Lipinski definition) is 6. The number of anilines is 2. The Morgan fingerprint density at radius 3 is 2.52 bits per heavy atom. The molecule has 0 spiro atoms. The third kappa shape index (κ3) is 7.23. The first-order valence-corrected chi connectivity index (χ1v) is 8.79. The Bertz CT molecular complexity index is 1270. The Labute approximate surface area is 210 Å². The zero-order valence-corrected chi connectivity index (χ0v) is 19.0. The Hall–Kier alpha value is -2.62. The van der Waals surface area contributed by atoms with E-state index in [9.17, 15) is 19.5 Å². The Kier molecular flexibility index (Phi) is 7.20. The zero-order chi connectivity index (χ0) is 25.0. The molecule has 1 aromatic heterocycles. The van der Waals surface area contributed by atoms with Crippen LogP contribution in [0.25, 0.3) is 11.1 Å². The number of carboxylic acids is 1. The molecule has 2 N–H and O–H groups in total. The molecule has 3 aromatic rings. The number of nitrogens with one attached hydrogen (secondary N) is 2. The third-order valence-corrected chi connectivity index (χ3v) is 3.88. The largest absolute Gasteiger partial charge is 1.00 e. The van der Waals surface area contributed by atoms with Crippen LogP contribution in [0.5, 0.6) is 0 Å². The van der Waals surface area contributed by atoms with Crippen molar-refractivity contribution >= 4 is 40.8 Å². The summed E-state index contributed by atoms with van der Waals surface area (Å²) in [6.07, 6.45) is 2.60. The van der Waals surface area contributed by atoms with Gasteiger partial charge in [0.1, 0.15) is 13.2 Å². The zero-order valence-electron chi connectivity index (χ0n) is 20.2. The summed E-state index contributed by atoms with van der Waals surface area (Å²) in [4.78, 5) is 35.5. The van der Waals surface area contributed by atoms with Crippen LogP contribution in [0.2, 0.25) is 5.02 Å². The number of halogens is 1. The van der Waals surface area contributed by atoms with Crippen LogP contribution in [0.15, 0.2) is 65.4 Å². The fourth-order valence-electron chi connectivity index (χ4n) is 2.35. The Morgan fingerprint density at radius 1 is 1.10 bits per heavy atom. The van der Waals surface area contributed by atoms with E-state index in [0.717, 1.165) is 6.07 Å². The summed E-state index contributed by atoms with van der Waals surface area (Å²) in [7, 11) is 0. The molecular weight excluding hydrogens is 435 g/mol. The van der Waals surface area contributed by atoms with Gasteiger partial charge in [-0.05, 0) is 41.9 Å². The minimum absolute atomic E-state index is 0. The van der Waals surface area contributed by atoms with E-state index in [1.165, 1.54) is 30.7 Å². The summed E-state index contributed by atoms with van der Waals surface area (Å²) in [5.41, 5.74) is -0.343. The summed E-state index contributed by atoms with van der Waals surface area (Å²) >= 11 is 5.74. The van der Waals surface area contributed by atoms with E-state index in [2.05, 4.69) is 10.6 Å². The van der Waals surface area contributed by atoms with Crippen molar-refractivity contribution < 1.29 is 63.7 Å². The molecule has 0 bridgehead atoms. The number of hydrogen-bond donors (Lipinski definition) is 2. The first-order chi connectivity index (χ1) is 16.1. The van der Waals surface area contributed by atoms with Gasteiger partial charge >= 0.3 is 29.6 Å². The van der Waals surface area contributed by atoms with Crippen molar-refractivity contribution in [1.29, 1.82) is 0 Å². The van der Waals surface area contributed by atoms with Crippen molar-refractivity contribution in [2.75, 3.05) is 23.8 Å². The second-order valence-corrected chi connectivity index (χ2v) is 6.26. The fraction of sp³-hybridized carbons (Fsp3) is 0.0952. The molecule has 0 saturated heterocycles. The minimum atomic E-state index is -1.54. The fourth-order valence-corrected chi connectivity index (χ4v) is 2.52. The summed E-state index contributed by atoms with van der Waals surface area (Å²) < 4.78 is 42.3. The van der Waals surface area contributed by atoms with Gasteiger partial charge in [0.05, 0.1) is 24.0 Å². The molecule has 3 rings (SSSR count). The second-order valence-electron chi connectivity index (χ2n) is 5.83. The summed E-state index contributed by atoms with van der Waals surface area (Å²) in [5.74, 6) is -3.11. The standard InChI is InChI=1S/C21H17ClN2O6.Na/c22-15-4-5-18(17(9-15)21(27)28)24-20(26)12-30-11-19(25)23-16-3-1-2-13(8-16)14-6-7-29-10-14;/h1-10H,11-12H2,(H,23,25)(H,24,26)(H,27,28);/q;+1/p-1/i1D,2D,3D,8D;. The van der Waals surface area contributed by atoms with Crippen LogP contribution in [-0.2, 0) is 14.3 Å². The molecular formula is C21H16ClN2NaO6. The van der Waals surface area contributed by atoms with Crippen LogP contribution in [-0.4, -0.2) is 31.0 Å². The molecule has 0 saturated carbocycles. The van der Waals surface area contributed by atoms with Crippen molar-refractivity contribution in [1.82, 2.24) is 0 Å². The Morgan fingerprint density at radius 2 is 1.84 bits per heavy atom. The molecule has 31 heavy (non-hydrogen) atoms. The molecule has 2 aromatic carbocycles. The van der Waals surface area contributed by atoms with Crippen molar-refractivity contribution in [2.24, 2.45) is 0 Å². The monoisotopic (exact) mass is 454 g/mol. The van der Waals surface area contributed by atoms with Gasteiger partial charge in [-0.2, -0.15) is 0 Å². The number of carbonyl (C=O) groups excluding carboxylic acids is 3. The number of amides is 2. The molecule has 8 nitrogen and oxygen atoms in total. The molecule has 0 aliphatic heterocycles. The predicted molar refractivity (Wildman–Crippen MR) is 108 cm³/mol. The third-order valence-electron chi connectivity index (χ3n) is 3.64. The van der Waals surface area contributed by atoms with Gasteiger partial charge in [-0.3, -0.25) is 9.59 Å². The van der Waals surface area contributed by atoms with E-state index in [4.69, 9.17) is 26.2 Å². The van der Waals surface area contributed by atoms with Crippen LogP contribution < -0.4 is 45.3 Å². The maximum atomic E-state index is 12.3. The maximum Gasteiger partial charge on any atom is 1.00 e. The van der Waals surface area contributed by atoms with Crippen LogP contribution in [0, 0.1) is 0 Å². The number of rotatable bonds is 8. The van der Waals surface area contributed by atoms with Crippen LogP contribution in [0.4, 0.5) is 11.4 Å². The topological polar surface area (TPSA) is 121 Å². The Balaban J connectivity index is 0.00000432. The number of aromatic carboxylic acids is 1. The quantitative estimate of drug-likeness (QED) is 0.445. The molecule has 2 amide bonds. The molecule has 0 atom stereocenters. The van der Waals surface area contributed by atoms with Crippen molar-refractivity contribution in [3.63, 3.8) is 0 Å². The molecule has 10 heteroatoms. The van der Waals surface area contributed by atoms with Gasteiger partial charge in [0.15, 0.2) is 0 Å². The van der Waals surface area contributed by atoms with Crippen molar-refractivity contribution in [3.05, 3.63) is 71.5 Å². The van der Waals surface area contributed by atoms with Gasteiger partial charge in [-0.25, -0.2) is 0 Å². The molecule has 0 aliphatic rings. The van der Waals surface area contributed by atoms with Crippen molar-refractivity contribution in [2.45, 2.75) is 0 Å².